The summed E-state index contributed by atoms with van der Waals surface area (Å²) in [4.78, 5) is 21.2. The summed E-state index contributed by atoms with van der Waals surface area (Å²) >= 11 is 11.8. The molecule has 0 spiro atoms. The van der Waals surface area contributed by atoms with Gasteiger partial charge in [-0.05, 0) is 44.2 Å². The zero-order valence-electron chi connectivity index (χ0n) is 22.0. The highest BCUT2D eigenvalue weighted by Crippen LogP contribution is 2.35. The number of aromatic hydroxyl groups is 1. The molecule has 208 valence electrons. The van der Waals surface area contributed by atoms with E-state index < -0.39 is 23.1 Å². The predicted molar refractivity (Wildman–Crippen MR) is 150 cm³/mol. The normalized spacial score (nSPS) is 18.0. The molecule has 0 aliphatic carbocycles. The van der Waals surface area contributed by atoms with Gasteiger partial charge in [0.25, 0.3) is 5.91 Å². The van der Waals surface area contributed by atoms with Gasteiger partial charge in [0.05, 0.1) is 10.0 Å². The summed E-state index contributed by atoms with van der Waals surface area (Å²) in [7, 11) is 3.57. The summed E-state index contributed by atoms with van der Waals surface area (Å²) in [5.74, 6) is -2.27. The van der Waals surface area contributed by atoms with Crippen LogP contribution in [0.4, 0.5) is 10.1 Å². The molecule has 2 aliphatic rings. The molecule has 2 heterocycles. The van der Waals surface area contributed by atoms with Gasteiger partial charge in [0.1, 0.15) is 17.6 Å². The average molecular weight is 576 g/mol. The molecule has 0 aromatic heterocycles. The second-order valence-electron chi connectivity index (χ2n) is 10.1. The first-order chi connectivity index (χ1) is 18.6. The van der Waals surface area contributed by atoms with Crippen LogP contribution in [-0.2, 0) is 11.3 Å². The van der Waals surface area contributed by atoms with Crippen molar-refractivity contribution in [1.82, 2.24) is 14.7 Å². The number of rotatable bonds is 6. The van der Waals surface area contributed by atoms with Gasteiger partial charge in [0.2, 0.25) is 0 Å². The third-order valence-corrected chi connectivity index (χ3v) is 8.10. The lowest BCUT2D eigenvalue weighted by molar-refractivity contribution is -0.126. The average Bonchev–Trinajstić information content (AvgIpc) is 2.93. The number of amides is 1. The summed E-state index contributed by atoms with van der Waals surface area (Å²) in [5.41, 5.74) is 0.524. The lowest BCUT2D eigenvalue weighted by Crippen LogP contribution is -2.52. The Balaban J connectivity index is 1.40. The van der Waals surface area contributed by atoms with Crippen LogP contribution in [0.15, 0.2) is 35.9 Å². The fraction of sp³-hybridized carbons (Fsp3) is 0.429. The summed E-state index contributed by atoms with van der Waals surface area (Å²) in [6, 6.07) is 9.63. The number of hydrogen-bond donors (Lipinski definition) is 2. The van der Waals surface area contributed by atoms with E-state index in [0.29, 0.717) is 6.04 Å². The Morgan fingerprint density at radius 2 is 1.72 bits per heavy atom. The molecule has 2 aromatic rings. The van der Waals surface area contributed by atoms with Gasteiger partial charge in [0, 0.05) is 75.7 Å². The van der Waals surface area contributed by atoms with E-state index in [1.165, 1.54) is 25.2 Å². The van der Waals surface area contributed by atoms with E-state index in [0.717, 1.165) is 62.7 Å². The van der Waals surface area contributed by atoms with E-state index in [1.807, 2.05) is 6.07 Å². The topological polar surface area (TPSA) is 94.3 Å². The molecule has 0 atom stereocenters. The Labute approximate surface area is 238 Å². The van der Waals surface area contributed by atoms with E-state index in [1.54, 1.807) is 12.1 Å². The molecule has 39 heavy (non-hydrogen) atoms. The van der Waals surface area contributed by atoms with Crippen molar-refractivity contribution >= 4 is 40.6 Å². The Morgan fingerprint density at radius 1 is 1.10 bits per heavy atom. The highest BCUT2D eigenvalue weighted by Gasteiger charge is 2.27. The monoisotopic (exact) mass is 575 g/mol. The van der Waals surface area contributed by atoms with Gasteiger partial charge < -0.3 is 24.9 Å². The zero-order chi connectivity index (χ0) is 28.3. The molecule has 1 amide bonds. The molecule has 2 aromatic carbocycles. The van der Waals surface area contributed by atoms with E-state index >= 15 is 4.39 Å². The number of phenols is 1. The third-order valence-electron chi connectivity index (χ3n) is 7.53. The van der Waals surface area contributed by atoms with E-state index in [4.69, 9.17) is 23.2 Å². The molecule has 2 aliphatic heterocycles. The van der Waals surface area contributed by atoms with Gasteiger partial charge in [-0.3, -0.25) is 9.69 Å². The number of piperazine rings is 1. The van der Waals surface area contributed by atoms with Crippen molar-refractivity contribution in [3.8, 4) is 11.8 Å². The number of likely N-dealkylation sites (N-methyl/N-ethyl adjacent to an activating group) is 2. The van der Waals surface area contributed by atoms with Gasteiger partial charge >= 0.3 is 0 Å². The number of carbonyl (C=O) groups is 1. The number of halogens is 3. The van der Waals surface area contributed by atoms with Crippen LogP contribution in [0.3, 0.4) is 0 Å². The van der Waals surface area contributed by atoms with Crippen LogP contribution in [-0.4, -0.2) is 90.2 Å². The molecule has 0 radical (unpaired) electrons. The number of anilines is 1. The number of nitriles is 1. The van der Waals surface area contributed by atoms with Crippen molar-refractivity contribution < 1.29 is 19.4 Å². The smallest absolute Gasteiger partial charge is 0.268 e. The first kappa shape index (κ1) is 29.0. The molecule has 0 saturated carbocycles. The maximum Gasteiger partial charge on any atom is 0.268 e. The van der Waals surface area contributed by atoms with Crippen LogP contribution in [0.25, 0.3) is 5.76 Å². The number of benzene rings is 2. The minimum atomic E-state index is -0.801. The van der Waals surface area contributed by atoms with E-state index in [9.17, 15) is 20.3 Å². The predicted octanol–water partition coefficient (Wildman–Crippen LogP) is 4.51. The minimum Gasteiger partial charge on any atom is -0.506 e. The minimum absolute atomic E-state index is 0.00646. The molecular formula is C28H32Cl2FN5O3. The van der Waals surface area contributed by atoms with Crippen molar-refractivity contribution in [3.05, 3.63) is 62.9 Å². The number of carbonyl (C=O) groups excluding carboxylic acids is 1. The zero-order valence-corrected chi connectivity index (χ0v) is 23.5. The van der Waals surface area contributed by atoms with Crippen molar-refractivity contribution in [2.24, 2.45) is 0 Å². The molecule has 0 unspecified atom stereocenters. The highest BCUT2D eigenvalue weighted by molar-refractivity contribution is 6.37. The lowest BCUT2D eigenvalue weighted by Gasteiger charge is -2.42. The molecule has 2 saturated heterocycles. The number of aliphatic hydroxyl groups is 1. The molecule has 8 nitrogen and oxygen atoms in total. The number of aliphatic hydroxyl groups excluding tert-OH is 1. The number of hydrogen-bond acceptors (Lipinski definition) is 7. The Morgan fingerprint density at radius 3 is 2.28 bits per heavy atom. The first-order valence-electron chi connectivity index (χ1n) is 12.8. The van der Waals surface area contributed by atoms with Crippen LogP contribution in [0.5, 0.6) is 5.75 Å². The van der Waals surface area contributed by atoms with Crippen molar-refractivity contribution in [2.45, 2.75) is 25.4 Å². The summed E-state index contributed by atoms with van der Waals surface area (Å²) < 4.78 is 15.1. The van der Waals surface area contributed by atoms with Gasteiger partial charge in [-0.15, -0.1) is 0 Å². The maximum atomic E-state index is 15.1. The van der Waals surface area contributed by atoms with Crippen molar-refractivity contribution in [2.75, 3.05) is 58.3 Å². The van der Waals surface area contributed by atoms with Crippen LogP contribution in [0.1, 0.15) is 24.0 Å². The van der Waals surface area contributed by atoms with Crippen LogP contribution in [0.2, 0.25) is 10.0 Å². The molecule has 4 rings (SSSR count). The maximum absolute atomic E-state index is 15.1. The van der Waals surface area contributed by atoms with E-state index in [2.05, 4.69) is 21.7 Å². The molecular weight excluding hydrogens is 544 g/mol. The van der Waals surface area contributed by atoms with Crippen molar-refractivity contribution in [3.63, 3.8) is 0 Å². The standard InChI is InChI=1S/C28H32Cl2FN5O3/c1-33-9-11-36(12-10-33)20-5-7-35(8-6-20)21-4-3-18(25(31)15-21)17-34(2)28(39)22(16-32)26(37)19-13-23(29)27(38)24(30)14-19/h3-4,13-15,20,37-38H,5-12,17H2,1-2H3/b26-22-. The Bertz CT molecular complexity index is 1280. The van der Waals surface area contributed by atoms with Crippen LogP contribution >= 0.6 is 23.2 Å². The highest BCUT2D eigenvalue weighted by atomic mass is 35.5. The number of piperidine rings is 1. The van der Waals surface area contributed by atoms with Gasteiger partial charge in [0.15, 0.2) is 11.3 Å². The Kier molecular flexibility index (Phi) is 9.23. The summed E-state index contributed by atoms with van der Waals surface area (Å²) in [6.07, 6.45) is 2.07. The molecule has 2 fully saturated rings. The molecule has 0 bridgehead atoms. The largest absolute Gasteiger partial charge is 0.506 e. The van der Waals surface area contributed by atoms with Crippen LogP contribution < -0.4 is 4.90 Å². The van der Waals surface area contributed by atoms with Gasteiger partial charge in [-0.1, -0.05) is 29.3 Å². The second-order valence-corrected chi connectivity index (χ2v) is 10.9. The third kappa shape index (κ3) is 6.59. The fourth-order valence-electron chi connectivity index (χ4n) is 5.10. The fourth-order valence-corrected chi connectivity index (χ4v) is 5.59. The number of phenolic OH excluding ortho intramolecular Hbond substituents is 1. The summed E-state index contributed by atoms with van der Waals surface area (Å²) in [6.45, 7) is 5.97. The number of nitrogens with zero attached hydrogens (tertiary/aromatic N) is 5. The molecule has 2 N–H and O–H groups in total. The first-order valence-corrected chi connectivity index (χ1v) is 13.6. The van der Waals surface area contributed by atoms with E-state index in [-0.39, 0.29) is 33.5 Å². The quantitative estimate of drug-likeness (QED) is 0.297. The SMILES string of the molecule is CN1CCN(C2CCN(c3ccc(CN(C)C(=O)/C(C#N)=C(\O)c4cc(Cl)c(O)c(Cl)c4)c(F)c3)CC2)CC1. The van der Waals surface area contributed by atoms with Crippen molar-refractivity contribution in [1.29, 1.82) is 5.26 Å². The Hall–Kier alpha value is -3.03. The van der Waals surface area contributed by atoms with Gasteiger partial charge in [-0.25, -0.2) is 4.39 Å². The molecule has 11 heteroatoms. The lowest BCUT2D eigenvalue weighted by atomic mass is 10.0. The summed E-state index contributed by atoms with van der Waals surface area (Å²) in [5, 5.41) is 29.6. The second kappa shape index (κ2) is 12.4. The van der Waals surface area contributed by atoms with Gasteiger partial charge in [-0.2, -0.15) is 5.26 Å². The van der Waals surface area contributed by atoms with Crippen LogP contribution in [0, 0.1) is 17.1 Å².